The summed E-state index contributed by atoms with van der Waals surface area (Å²) in [6.07, 6.45) is 0. The Kier molecular flexibility index (Phi) is 4.33. The topological polar surface area (TPSA) is 68.0 Å². The standard InChI is InChI=1S/C21H17N3O2S/c1-13-8-6-7-11-16(13)19-14(2)18(15-9-4-3-5-10-15)23-24(19)21-22-17(12-27-21)20(25)26/h3-12H,1-2H3,(H,25,26). The highest BCUT2D eigenvalue weighted by molar-refractivity contribution is 7.12. The third kappa shape index (κ3) is 3.04. The summed E-state index contributed by atoms with van der Waals surface area (Å²) in [5.41, 5.74) is 6.04. The Morgan fingerprint density at radius 2 is 1.74 bits per heavy atom. The minimum absolute atomic E-state index is 0.0279. The lowest BCUT2D eigenvalue weighted by molar-refractivity contribution is 0.0691. The van der Waals surface area contributed by atoms with Gasteiger partial charge in [-0.3, -0.25) is 0 Å². The second kappa shape index (κ2) is 6.81. The maximum absolute atomic E-state index is 11.3. The van der Waals surface area contributed by atoms with Crippen molar-refractivity contribution < 1.29 is 9.90 Å². The first-order valence-electron chi connectivity index (χ1n) is 8.46. The number of rotatable bonds is 4. The maximum atomic E-state index is 11.3. The van der Waals surface area contributed by atoms with E-state index in [2.05, 4.69) is 24.0 Å². The van der Waals surface area contributed by atoms with Crippen molar-refractivity contribution in [3.8, 4) is 27.6 Å². The number of aromatic nitrogens is 3. The fourth-order valence-corrected chi connectivity index (χ4v) is 3.87. The Bertz CT molecular complexity index is 1130. The summed E-state index contributed by atoms with van der Waals surface area (Å²) in [6.45, 7) is 4.10. The number of nitrogens with zero attached hydrogens (tertiary/aromatic N) is 3. The van der Waals surface area contributed by atoms with E-state index in [0.29, 0.717) is 5.13 Å². The summed E-state index contributed by atoms with van der Waals surface area (Å²) >= 11 is 1.27. The highest BCUT2D eigenvalue weighted by Crippen LogP contribution is 2.35. The van der Waals surface area contributed by atoms with Gasteiger partial charge in [0.15, 0.2) is 5.69 Å². The van der Waals surface area contributed by atoms with Gasteiger partial charge < -0.3 is 5.11 Å². The predicted molar refractivity (Wildman–Crippen MR) is 107 cm³/mol. The molecule has 134 valence electrons. The molecule has 5 nitrogen and oxygen atoms in total. The minimum Gasteiger partial charge on any atom is -0.476 e. The molecule has 0 bridgehead atoms. The number of carboxylic acid groups (broad SMARTS) is 1. The lowest BCUT2D eigenvalue weighted by Gasteiger charge is -2.08. The molecular formula is C21H17N3O2S. The first-order valence-corrected chi connectivity index (χ1v) is 9.34. The van der Waals surface area contributed by atoms with E-state index < -0.39 is 5.97 Å². The zero-order chi connectivity index (χ0) is 19.0. The molecule has 4 rings (SSSR count). The van der Waals surface area contributed by atoms with Crippen LogP contribution < -0.4 is 0 Å². The number of hydrogen-bond donors (Lipinski definition) is 1. The van der Waals surface area contributed by atoms with Gasteiger partial charge in [0, 0.05) is 22.1 Å². The summed E-state index contributed by atoms with van der Waals surface area (Å²) in [4.78, 5) is 15.5. The van der Waals surface area contributed by atoms with Crippen molar-refractivity contribution in [3.05, 3.63) is 76.8 Å². The molecule has 0 aliphatic rings. The monoisotopic (exact) mass is 375 g/mol. The van der Waals surface area contributed by atoms with Crippen molar-refractivity contribution >= 4 is 17.3 Å². The molecule has 0 radical (unpaired) electrons. The summed E-state index contributed by atoms with van der Waals surface area (Å²) < 4.78 is 1.76. The van der Waals surface area contributed by atoms with Crippen LogP contribution in [0, 0.1) is 13.8 Å². The Morgan fingerprint density at radius 3 is 2.41 bits per heavy atom. The molecule has 6 heteroatoms. The van der Waals surface area contributed by atoms with Crippen molar-refractivity contribution in [3.63, 3.8) is 0 Å². The number of aromatic carboxylic acids is 1. The molecule has 0 aliphatic carbocycles. The van der Waals surface area contributed by atoms with Crippen LogP contribution in [-0.2, 0) is 0 Å². The molecule has 27 heavy (non-hydrogen) atoms. The van der Waals surface area contributed by atoms with Gasteiger partial charge >= 0.3 is 5.97 Å². The third-order valence-electron chi connectivity index (χ3n) is 4.46. The number of carbonyl (C=O) groups is 1. The van der Waals surface area contributed by atoms with Crippen LogP contribution in [0.1, 0.15) is 21.6 Å². The summed E-state index contributed by atoms with van der Waals surface area (Å²) in [5, 5.41) is 16.1. The molecule has 0 spiro atoms. The van der Waals surface area contributed by atoms with Crippen molar-refractivity contribution in [2.45, 2.75) is 13.8 Å². The van der Waals surface area contributed by atoms with Crippen LogP contribution in [0.5, 0.6) is 0 Å². The van der Waals surface area contributed by atoms with Crippen molar-refractivity contribution in [1.29, 1.82) is 0 Å². The van der Waals surface area contributed by atoms with Crippen LogP contribution in [0.15, 0.2) is 60.0 Å². The number of carboxylic acids is 1. The quantitative estimate of drug-likeness (QED) is 0.546. The van der Waals surface area contributed by atoms with Crippen LogP contribution in [0.3, 0.4) is 0 Å². The van der Waals surface area contributed by atoms with E-state index in [9.17, 15) is 9.90 Å². The average molecular weight is 375 g/mol. The van der Waals surface area contributed by atoms with Gasteiger partial charge in [-0.15, -0.1) is 11.3 Å². The lowest BCUT2D eigenvalue weighted by atomic mass is 10.00. The fourth-order valence-electron chi connectivity index (χ4n) is 3.12. The van der Waals surface area contributed by atoms with Crippen LogP contribution >= 0.6 is 11.3 Å². The summed E-state index contributed by atoms with van der Waals surface area (Å²) in [5.74, 6) is -1.04. The minimum atomic E-state index is -1.04. The van der Waals surface area contributed by atoms with E-state index in [-0.39, 0.29) is 5.69 Å². The summed E-state index contributed by atoms with van der Waals surface area (Å²) in [7, 11) is 0. The van der Waals surface area contributed by atoms with Gasteiger partial charge in [-0.05, 0) is 19.4 Å². The van der Waals surface area contributed by atoms with E-state index in [0.717, 1.165) is 33.6 Å². The highest BCUT2D eigenvalue weighted by atomic mass is 32.1. The largest absolute Gasteiger partial charge is 0.476 e. The highest BCUT2D eigenvalue weighted by Gasteiger charge is 2.22. The van der Waals surface area contributed by atoms with Gasteiger partial charge in [-0.25, -0.2) is 14.5 Å². The van der Waals surface area contributed by atoms with Gasteiger partial charge in [0.2, 0.25) is 5.13 Å². The molecule has 0 saturated carbocycles. The smallest absolute Gasteiger partial charge is 0.355 e. The van der Waals surface area contributed by atoms with Crippen LogP contribution in [0.4, 0.5) is 0 Å². The van der Waals surface area contributed by atoms with Crippen molar-refractivity contribution in [2.75, 3.05) is 0 Å². The van der Waals surface area contributed by atoms with Crippen LogP contribution in [-0.4, -0.2) is 25.8 Å². The van der Waals surface area contributed by atoms with E-state index in [1.807, 2.05) is 49.4 Å². The van der Waals surface area contributed by atoms with E-state index >= 15 is 0 Å². The Balaban J connectivity index is 1.99. The molecule has 0 atom stereocenters. The second-order valence-electron chi connectivity index (χ2n) is 6.24. The molecule has 0 aliphatic heterocycles. The van der Waals surface area contributed by atoms with Gasteiger partial charge in [-0.1, -0.05) is 54.6 Å². The fraction of sp³-hybridized carbons (Fsp3) is 0.0952. The molecule has 2 aromatic heterocycles. The van der Waals surface area contributed by atoms with Crippen molar-refractivity contribution in [1.82, 2.24) is 14.8 Å². The molecule has 4 aromatic rings. The molecule has 0 fully saturated rings. The predicted octanol–water partition coefficient (Wildman–Crippen LogP) is 4.98. The van der Waals surface area contributed by atoms with Gasteiger partial charge in [0.25, 0.3) is 0 Å². The molecular weight excluding hydrogens is 358 g/mol. The molecule has 0 amide bonds. The molecule has 0 saturated heterocycles. The number of aryl methyl sites for hydroxylation is 1. The van der Waals surface area contributed by atoms with Gasteiger partial charge in [-0.2, -0.15) is 5.10 Å². The zero-order valence-corrected chi connectivity index (χ0v) is 15.7. The average Bonchev–Trinajstić information content (AvgIpc) is 3.28. The maximum Gasteiger partial charge on any atom is 0.355 e. The number of hydrogen-bond acceptors (Lipinski definition) is 4. The van der Waals surface area contributed by atoms with E-state index in [1.54, 1.807) is 10.1 Å². The molecule has 2 aromatic carbocycles. The summed E-state index contributed by atoms with van der Waals surface area (Å²) in [6, 6.07) is 18.1. The van der Waals surface area contributed by atoms with E-state index in [1.165, 1.54) is 11.3 Å². The van der Waals surface area contributed by atoms with Crippen LogP contribution in [0.2, 0.25) is 0 Å². The second-order valence-corrected chi connectivity index (χ2v) is 7.07. The lowest BCUT2D eigenvalue weighted by Crippen LogP contribution is -2.02. The zero-order valence-electron chi connectivity index (χ0n) is 14.9. The third-order valence-corrected chi connectivity index (χ3v) is 5.28. The van der Waals surface area contributed by atoms with E-state index in [4.69, 9.17) is 5.10 Å². The SMILES string of the molecule is Cc1ccccc1-c1c(C)c(-c2ccccc2)nn1-c1nc(C(=O)O)cs1. The molecule has 1 N–H and O–H groups in total. The Labute approximate surface area is 160 Å². The van der Waals surface area contributed by atoms with Gasteiger partial charge in [0.1, 0.15) is 0 Å². The Hall–Kier alpha value is -3.25. The number of thiazole rings is 1. The molecule has 2 heterocycles. The van der Waals surface area contributed by atoms with Gasteiger partial charge in [0.05, 0.1) is 11.4 Å². The Morgan fingerprint density at radius 1 is 1.04 bits per heavy atom. The number of benzene rings is 2. The van der Waals surface area contributed by atoms with Crippen molar-refractivity contribution in [2.24, 2.45) is 0 Å². The molecule has 0 unspecified atom stereocenters. The first kappa shape index (κ1) is 17.2. The normalized spacial score (nSPS) is 10.9. The first-order chi connectivity index (χ1) is 13.1. The van der Waals surface area contributed by atoms with Crippen LogP contribution in [0.25, 0.3) is 27.6 Å².